The van der Waals surface area contributed by atoms with Gasteiger partial charge in [-0.15, -0.1) is 0 Å². The highest BCUT2D eigenvalue weighted by Crippen LogP contribution is 2.42. The van der Waals surface area contributed by atoms with E-state index in [4.69, 9.17) is 0 Å². The summed E-state index contributed by atoms with van der Waals surface area (Å²) in [6.45, 7) is 6.24. The number of phenols is 2. The van der Waals surface area contributed by atoms with Gasteiger partial charge < -0.3 is 10.2 Å². The monoisotopic (exact) mass is 318 g/mol. The first-order valence-corrected chi connectivity index (χ1v) is 8.08. The molecule has 2 N–H and O–H groups in total. The van der Waals surface area contributed by atoms with E-state index in [0.29, 0.717) is 0 Å². The van der Waals surface area contributed by atoms with Crippen molar-refractivity contribution in [1.29, 1.82) is 0 Å². The average Bonchev–Trinajstić information content (AvgIpc) is 2.55. The molecule has 0 heterocycles. The molecule has 0 atom stereocenters. The van der Waals surface area contributed by atoms with E-state index in [0.717, 1.165) is 22.3 Å². The van der Waals surface area contributed by atoms with Crippen LogP contribution >= 0.6 is 0 Å². The first-order chi connectivity index (χ1) is 11.4. The van der Waals surface area contributed by atoms with Crippen molar-refractivity contribution in [2.45, 2.75) is 26.2 Å². The zero-order valence-corrected chi connectivity index (χ0v) is 14.2. The Labute approximate surface area is 143 Å². The van der Waals surface area contributed by atoms with Gasteiger partial charge in [0, 0.05) is 5.41 Å². The van der Waals surface area contributed by atoms with E-state index in [1.165, 1.54) is 5.56 Å². The molecule has 0 bridgehead atoms. The molecule has 0 saturated carbocycles. The lowest BCUT2D eigenvalue weighted by atomic mass is 9.68. The second-order valence-electron chi connectivity index (χ2n) is 6.49. The molecule has 0 unspecified atom stereocenters. The Hall–Kier alpha value is -2.74. The molecule has 122 valence electrons. The van der Waals surface area contributed by atoms with Crippen LogP contribution in [0.25, 0.3) is 0 Å². The molecule has 2 nitrogen and oxygen atoms in total. The highest BCUT2D eigenvalue weighted by Gasteiger charge is 2.33. The van der Waals surface area contributed by atoms with Crippen molar-refractivity contribution in [1.82, 2.24) is 0 Å². The lowest BCUT2D eigenvalue weighted by Crippen LogP contribution is -2.27. The van der Waals surface area contributed by atoms with E-state index in [1.807, 2.05) is 44.2 Å². The van der Waals surface area contributed by atoms with Crippen LogP contribution in [0.5, 0.6) is 11.5 Å². The van der Waals surface area contributed by atoms with Gasteiger partial charge in [0.05, 0.1) is 0 Å². The SMILES string of the molecule is Cc1cc(O)ccc1C(C)(c1ccccc1)c1ccc(O)cc1C. The van der Waals surface area contributed by atoms with Crippen molar-refractivity contribution < 1.29 is 10.2 Å². The summed E-state index contributed by atoms with van der Waals surface area (Å²) >= 11 is 0. The summed E-state index contributed by atoms with van der Waals surface area (Å²) in [4.78, 5) is 0. The van der Waals surface area contributed by atoms with Gasteiger partial charge >= 0.3 is 0 Å². The van der Waals surface area contributed by atoms with E-state index in [1.54, 1.807) is 24.3 Å². The first-order valence-electron chi connectivity index (χ1n) is 8.08. The van der Waals surface area contributed by atoms with Crippen LogP contribution in [0.1, 0.15) is 34.7 Å². The number of aryl methyl sites for hydroxylation is 2. The molecule has 0 spiro atoms. The number of aromatic hydroxyl groups is 2. The topological polar surface area (TPSA) is 40.5 Å². The molecule has 2 heteroatoms. The standard InChI is InChI=1S/C22H22O2/c1-15-13-18(23)9-11-20(15)22(3,17-7-5-4-6-8-17)21-12-10-19(24)14-16(21)2/h4-14,23-24H,1-3H3. The highest BCUT2D eigenvalue weighted by atomic mass is 16.3. The summed E-state index contributed by atoms with van der Waals surface area (Å²) in [5.41, 5.74) is 5.15. The number of hydrogen-bond donors (Lipinski definition) is 2. The lowest BCUT2D eigenvalue weighted by Gasteiger charge is -2.34. The van der Waals surface area contributed by atoms with Gasteiger partial charge in [-0.2, -0.15) is 0 Å². The Morgan fingerprint density at radius 3 is 1.54 bits per heavy atom. The molecule has 3 rings (SSSR count). The minimum Gasteiger partial charge on any atom is -0.508 e. The second-order valence-corrected chi connectivity index (χ2v) is 6.49. The van der Waals surface area contributed by atoms with Crippen molar-refractivity contribution in [2.75, 3.05) is 0 Å². The van der Waals surface area contributed by atoms with Gasteiger partial charge in [-0.25, -0.2) is 0 Å². The smallest absolute Gasteiger partial charge is 0.115 e. The summed E-state index contributed by atoms with van der Waals surface area (Å²) in [7, 11) is 0. The predicted octanol–water partition coefficient (Wildman–Crippen LogP) is 5.07. The number of phenolic OH excluding ortho intramolecular Hbond substituents is 2. The van der Waals surface area contributed by atoms with Gasteiger partial charge in [-0.1, -0.05) is 42.5 Å². The van der Waals surface area contributed by atoms with Crippen molar-refractivity contribution >= 4 is 0 Å². The van der Waals surface area contributed by atoms with Crippen LogP contribution in [0.3, 0.4) is 0 Å². The predicted molar refractivity (Wildman–Crippen MR) is 97.7 cm³/mol. The molecular weight excluding hydrogens is 296 g/mol. The molecule has 0 radical (unpaired) electrons. The summed E-state index contributed by atoms with van der Waals surface area (Å²) in [5.74, 6) is 0.545. The van der Waals surface area contributed by atoms with E-state index >= 15 is 0 Å². The minimum atomic E-state index is -0.378. The van der Waals surface area contributed by atoms with Crippen molar-refractivity contribution in [2.24, 2.45) is 0 Å². The molecule has 0 aromatic heterocycles. The zero-order chi connectivity index (χ0) is 17.3. The van der Waals surface area contributed by atoms with Gasteiger partial charge in [-0.05, 0) is 72.9 Å². The molecule has 3 aromatic carbocycles. The summed E-state index contributed by atoms with van der Waals surface area (Å²) < 4.78 is 0. The van der Waals surface area contributed by atoms with Gasteiger partial charge in [0.1, 0.15) is 11.5 Å². The lowest BCUT2D eigenvalue weighted by molar-refractivity contribution is 0.473. The van der Waals surface area contributed by atoms with E-state index in [-0.39, 0.29) is 16.9 Å². The maximum atomic E-state index is 9.80. The van der Waals surface area contributed by atoms with Crippen molar-refractivity contribution in [3.63, 3.8) is 0 Å². The van der Waals surface area contributed by atoms with E-state index < -0.39 is 0 Å². The normalized spacial score (nSPS) is 11.5. The number of hydrogen-bond acceptors (Lipinski definition) is 2. The Balaban J connectivity index is 2.33. The Morgan fingerprint density at radius 2 is 1.12 bits per heavy atom. The number of benzene rings is 3. The fraction of sp³-hybridized carbons (Fsp3) is 0.182. The zero-order valence-electron chi connectivity index (χ0n) is 14.2. The molecule has 0 fully saturated rings. The molecule has 0 aliphatic heterocycles. The molecule has 0 aliphatic carbocycles. The maximum absolute atomic E-state index is 9.80. The van der Waals surface area contributed by atoms with Crippen LogP contribution in [0, 0.1) is 13.8 Å². The Bertz CT molecular complexity index is 815. The van der Waals surface area contributed by atoms with Crippen LogP contribution in [0.15, 0.2) is 66.7 Å². The van der Waals surface area contributed by atoms with E-state index in [2.05, 4.69) is 19.1 Å². The quantitative estimate of drug-likeness (QED) is 0.662. The molecular formula is C22H22O2. The molecule has 0 aliphatic rings. The van der Waals surface area contributed by atoms with Gasteiger partial charge in [0.15, 0.2) is 0 Å². The maximum Gasteiger partial charge on any atom is 0.115 e. The molecule has 24 heavy (non-hydrogen) atoms. The van der Waals surface area contributed by atoms with Crippen LogP contribution in [-0.2, 0) is 5.41 Å². The molecule has 3 aromatic rings. The Morgan fingerprint density at radius 1 is 0.667 bits per heavy atom. The molecule has 0 saturated heterocycles. The fourth-order valence-corrected chi connectivity index (χ4v) is 3.65. The highest BCUT2D eigenvalue weighted by molar-refractivity contribution is 5.56. The third-order valence-electron chi connectivity index (χ3n) is 4.85. The van der Waals surface area contributed by atoms with Gasteiger partial charge in [0.2, 0.25) is 0 Å². The summed E-state index contributed by atoms with van der Waals surface area (Å²) in [6.07, 6.45) is 0. The van der Waals surface area contributed by atoms with Crippen LogP contribution < -0.4 is 0 Å². The average molecular weight is 318 g/mol. The van der Waals surface area contributed by atoms with Crippen LogP contribution in [0.2, 0.25) is 0 Å². The Kier molecular flexibility index (Phi) is 4.06. The van der Waals surface area contributed by atoms with Crippen molar-refractivity contribution in [3.05, 3.63) is 94.5 Å². The van der Waals surface area contributed by atoms with Gasteiger partial charge in [0.25, 0.3) is 0 Å². The van der Waals surface area contributed by atoms with E-state index in [9.17, 15) is 10.2 Å². The minimum absolute atomic E-state index is 0.272. The summed E-state index contributed by atoms with van der Waals surface area (Å²) in [6, 6.07) is 21.4. The second kappa shape index (κ2) is 6.04. The van der Waals surface area contributed by atoms with Crippen LogP contribution in [-0.4, -0.2) is 10.2 Å². The van der Waals surface area contributed by atoms with Crippen molar-refractivity contribution in [3.8, 4) is 11.5 Å². The van der Waals surface area contributed by atoms with Crippen LogP contribution in [0.4, 0.5) is 0 Å². The molecule has 0 amide bonds. The number of rotatable bonds is 3. The summed E-state index contributed by atoms with van der Waals surface area (Å²) in [5, 5.41) is 19.6. The largest absolute Gasteiger partial charge is 0.508 e. The third-order valence-corrected chi connectivity index (χ3v) is 4.85. The van der Waals surface area contributed by atoms with Gasteiger partial charge in [-0.3, -0.25) is 0 Å². The third kappa shape index (κ3) is 2.65. The first kappa shape index (κ1) is 16.1. The fourth-order valence-electron chi connectivity index (χ4n) is 3.65.